The summed E-state index contributed by atoms with van der Waals surface area (Å²) in [4.78, 5) is 33.2. The molecule has 0 unspecified atom stereocenters. The standard InChI is InChI=1S/C26H34BrN3O4/c1-26(2,3)34-25(32)29-14-10-20(11-15-29)12-16-30(18-23-17-22(27)9-13-28-23)24(31)33-19-21-7-5-4-6-8-21/h4-9,13,17,20H,10-12,14-16,18-19H2,1-3H3. The second-order valence-electron chi connectivity index (χ2n) is 9.63. The molecule has 0 N–H and O–H groups in total. The van der Waals surface area contributed by atoms with E-state index >= 15 is 0 Å². The molecule has 1 aliphatic heterocycles. The van der Waals surface area contributed by atoms with E-state index < -0.39 is 5.60 Å². The molecule has 2 aromatic rings. The molecule has 8 heteroatoms. The second-order valence-corrected chi connectivity index (χ2v) is 10.5. The molecule has 0 radical (unpaired) electrons. The zero-order valence-electron chi connectivity index (χ0n) is 20.2. The number of nitrogens with zero attached hydrogens (tertiary/aromatic N) is 3. The zero-order chi connectivity index (χ0) is 24.6. The summed E-state index contributed by atoms with van der Waals surface area (Å²) in [6.45, 7) is 8.16. The van der Waals surface area contributed by atoms with Crippen molar-refractivity contribution < 1.29 is 19.1 Å². The van der Waals surface area contributed by atoms with Crippen molar-refractivity contribution in [3.8, 4) is 0 Å². The van der Waals surface area contributed by atoms with Gasteiger partial charge in [-0.3, -0.25) is 4.98 Å². The number of carbonyl (C=O) groups is 2. The van der Waals surface area contributed by atoms with Crippen LogP contribution in [0.4, 0.5) is 9.59 Å². The van der Waals surface area contributed by atoms with E-state index in [1.54, 1.807) is 16.0 Å². The molecule has 7 nitrogen and oxygen atoms in total. The first kappa shape index (κ1) is 26.0. The highest BCUT2D eigenvalue weighted by molar-refractivity contribution is 9.10. The summed E-state index contributed by atoms with van der Waals surface area (Å²) in [5.74, 6) is 0.429. The zero-order valence-corrected chi connectivity index (χ0v) is 21.8. The Hall–Kier alpha value is -2.61. The summed E-state index contributed by atoms with van der Waals surface area (Å²) in [6, 6.07) is 13.4. The smallest absolute Gasteiger partial charge is 0.410 e. The van der Waals surface area contributed by atoms with Gasteiger partial charge in [0.1, 0.15) is 12.2 Å². The van der Waals surface area contributed by atoms with Crippen LogP contribution in [0.5, 0.6) is 0 Å². The van der Waals surface area contributed by atoms with Gasteiger partial charge in [-0.15, -0.1) is 0 Å². The lowest BCUT2D eigenvalue weighted by molar-refractivity contribution is 0.0177. The number of carbonyl (C=O) groups excluding carboxylic acids is 2. The molecule has 2 heterocycles. The molecule has 1 fully saturated rings. The largest absolute Gasteiger partial charge is 0.445 e. The molecule has 0 aliphatic carbocycles. The third-order valence-electron chi connectivity index (χ3n) is 5.67. The Kier molecular flexibility index (Phi) is 9.33. The van der Waals surface area contributed by atoms with Gasteiger partial charge in [0.25, 0.3) is 0 Å². The number of aromatic nitrogens is 1. The lowest BCUT2D eigenvalue weighted by Crippen LogP contribution is -2.42. The molecule has 0 saturated carbocycles. The number of ether oxygens (including phenoxy) is 2. The molecule has 3 rings (SSSR count). The fourth-order valence-corrected chi connectivity index (χ4v) is 4.23. The minimum atomic E-state index is -0.491. The number of piperidine rings is 1. The SMILES string of the molecule is CC(C)(C)OC(=O)N1CCC(CCN(Cc2cc(Br)ccn2)C(=O)OCc2ccccc2)CC1. The molecule has 1 saturated heterocycles. The number of halogens is 1. The molecule has 34 heavy (non-hydrogen) atoms. The van der Waals surface area contributed by atoms with E-state index in [9.17, 15) is 9.59 Å². The van der Waals surface area contributed by atoms with Crippen molar-refractivity contribution >= 4 is 28.1 Å². The van der Waals surface area contributed by atoms with Crippen LogP contribution < -0.4 is 0 Å². The van der Waals surface area contributed by atoms with E-state index in [2.05, 4.69) is 20.9 Å². The van der Waals surface area contributed by atoms with Gasteiger partial charge in [-0.1, -0.05) is 46.3 Å². The molecule has 0 atom stereocenters. The topological polar surface area (TPSA) is 72.0 Å². The van der Waals surface area contributed by atoms with Crippen LogP contribution in [0.2, 0.25) is 0 Å². The Morgan fingerprint density at radius 3 is 2.50 bits per heavy atom. The molecule has 0 spiro atoms. The van der Waals surface area contributed by atoms with Gasteiger partial charge in [-0.25, -0.2) is 9.59 Å². The Balaban J connectivity index is 1.55. The number of likely N-dealkylation sites (tertiary alicyclic amines) is 1. The molecular weight excluding hydrogens is 498 g/mol. The molecule has 1 aromatic heterocycles. The van der Waals surface area contributed by atoms with Crippen LogP contribution in [0.25, 0.3) is 0 Å². The van der Waals surface area contributed by atoms with Gasteiger partial charge in [0.2, 0.25) is 0 Å². The predicted octanol–water partition coefficient (Wildman–Crippen LogP) is 6.02. The molecule has 0 bridgehead atoms. The van der Waals surface area contributed by atoms with E-state index in [0.717, 1.165) is 35.0 Å². The van der Waals surface area contributed by atoms with Crippen LogP contribution in [0.1, 0.15) is 51.3 Å². The molecule has 1 aromatic carbocycles. The molecule has 184 valence electrons. The van der Waals surface area contributed by atoms with Crippen molar-refractivity contribution in [1.29, 1.82) is 0 Å². The monoisotopic (exact) mass is 531 g/mol. The van der Waals surface area contributed by atoms with Crippen molar-refractivity contribution in [2.45, 2.75) is 58.8 Å². The number of hydrogen-bond acceptors (Lipinski definition) is 5. The maximum atomic E-state index is 12.9. The minimum absolute atomic E-state index is 0.233. The Labute approximate surface area is 210 Å². The Morgan fingerprint density at radius 2 is 1.85 bits per heavy atom. The summed E-state index contributed by atoms with van der Waals surface area (Å²) in [5, 5.41) is 0. The summed E-state index contributed by atoms with van der Waals surface area (Å²) < 4.78 is 12.0. The van der Waals surface area contributed by atoms with Crippen molar-refractivity contribution in [3.05, 3.63) is 64.4 Å². The minimum Gasteiger partial charge on any atom is -0.445 e. The first-order chi connectivity index (χ1) is 16.2. The average molecular weight is 532 g/mol. The van der Waals surface area contributed by atoms with Crippen molar-refractivity contribution in [1.82, 2.24) is 14.8 Å². The fraction of sp³-hybridized carbons (Fsp3) is 0.500. The van der Waals surface area contributed by atoms with Crippen LogP contribution >= 0.6 is 15.9 Å². The third kappa shape index (κ3) is 8.63. The highest BCUT2D eigenvalue weighted by Crippen LogP contribution is 2.23. The van der Waals surface area contributed by atoms with E-state index in [4.69, 9.17) is 9.47 Å². The van der Waals surface area contributed by atoms with Crippen LogP contribution in [-0.2, 0) is 22.6 Å². The van der Waals surface area contributed by atoms with Crippen LogP contribution in [0.3, 0.4) is 0 Å². The maximum absolute atomic E-state index is 12.9. The van der Waals surface area contributed by atoms with Gasteiger partial charge in [0, 0.05) is 30.3 Å². The maximum Gasteiger partial charge on any atom is 0.410 e. The molecule has 2 amide bonds. The summed E-state index contributed by atoms with van der Waals surface area (Å²) in [6.07, 6.45) is 3.74. The van der Waals surface area contributed by atoms with Crippen LogP contribution in [0.15, 0.2) is 53.1 Å². The van der Waals surface area contributed by atoms with E-state index in [0.29, 0.717) is 32.1 Å². The lowest BCUT2D eigenvalue weighted by atomic mass is 9.93. The van der Waals surface area contributed by atoms with Gasteiger partial charge >= 0.3 is 12.2 Å². The Bertz CT molecular complexity index is 941. The normalized spacial score (nSPS) is 14.5. The van der Waals surface area contributed by atoms with Crippen LogP contribution in [0, 0.1) is 5.92 Å². The predicted molar refractivity (Wildman–Crippen MR) is 134 cm³/mol. The first-order valence-corrected chi connectivity index (χ1v) is 12.5. The van der Waals surface area contributed by atoms with E-state index in [1.165, 1.54) is 0 Å². The van der Waals surface area contributed by atoms with Gasteiger partial charge in [-0.05, 0) is 63.6 Å². The second kappa shape index (κ2) is 12.2. The van der Waals surface area contributed by atoms with Crippen molar-refractivity contribution in [2.75, 3.05) is 19.6 Å². The van der Waals surface area contributed by atoms with E-state index in [-0.39, 0.29) is 18.8 Å². The first-order valence-electron chi connectivity index (χ1n) is 11.7. The number of benzene rings is 1. The highest BCUT2D eigenvalue weighted by Gasteiger charge is 2.27. The van der Waals surface area contributed by atoms with Gasteiger partial charge in [-0.2, -0.15) is 0 Å². The lowest BCUT2D eigenvalue weighted by Gasteiger charge is -2.34. The summed E-state index contributed by atoms with van der Waals surface area (Å²) in [5.41, 5.74) is 1.26. The third-order valence-corrected chi connectivity index (χ3v) is 6.16. The number of hydrogen-bond donors (Lipinski definition) is 0. The quantitative estimate of drug-likeness (QED) is 0.436. The number of amides is 2. The highest BCUT2D eigenvalue weighted by atomic mass is 79.9. The van der Waals surface area contributed by atoms with Gasteiger partial charge in [0.05, 0.1) is 12.2 Å². The molecule has 1 aliphatic rings. The Morgan fingerprint density at radius 1 is 1.15 bits per heavy atom. The summed E-state index contributed by atoms with van der Waals surface area (Å²) in [7, 11) is 0. The van der Waals surface area contributed by atoms with Crippen molar-refractivity contribution in [3.63, 3.8) is 0 Å². The molecular formula is C26H34BrN3O4. The average Bonchev–Trinajstić information content (AvgIpc) is 2.80. The van der Waals surface area contributed by atoms with Gasteiger partial charge < -0.3 is 19.3 Å². The van der Waals surface area contributed by atoms with E-state index in [1.807, 2.05) is 63.2 Å². The van der Waals surface area contributed by atoms with Crippen molar-refractivity contribution in [2.24, 2.45) is 5.92 Å². The number of pyridine rings is 1. The number of rotatable bonds is 7. The van der Waals surface area contributed by atoms with Gasteiger partial charge in [0.15, 0.2) is 0 Å². The fourth-order valence-electron chi connectivity index (χ4n) is 3.85. The van der Waals surface area contributed by atoms with Crippen LogP contribution in [-0.4, -0.2) is 52.2 Å². The summed E-state index contributed by atoms with van der Waals surface area (Å²) >= 11 is 3.47.